The van der Waals surface area contributed by atoms with Crippen LogP contribution in [0.3, 0.4) is 0 Å². The van der Waals surface area contributed by atoms with Crippen molar-refractivity contribution in [2.45, 2.75) is 87.7 Å². The van der Waals surface area contributed by atoms with Crippen molar-refractivity contribution in [1.29, 1.82) is 0 Å². The van der Waals surface area contributed by atoms with E-state index in [0.29, 0.717) is 11.8 Å². The van der Waals surface area contributed by atoms with Gasteiger partial charge in [-0.1, -0.05) is 0 Å². The Morgan fingerprint density at radius 1 is 0.562 bits per heavy atom. The first-order chi connectivity index (χ1) is 22.9. The molecule has 0 nitrogen and oxygen atoms in total. The zero-order valence-electron chi connectivity index (χ0n) is 30.2. The molecule has 0 saturated heterocycles. The third kappa shape index (κ3) is 6.05. The molecule has 0 radical (unpaired) electrons. The molecule has 2 unspecified atom stereocenters. The van der Waals surface area contributed by atoms with Crippen molar-refractivity contribution in [1.82, 2.24) is 0 Å². The van der Waals surface area contributed by atoms with Crippen LogP contribution in [-0.2, 0) is 28.1 Å². The van der Waals surface area contributed by atoms with Gasteiger partial charge < -0.3 is 0 Å². The van der Waals surface area contributed by atoms with Crippen molar-refractivity contribution in [2.24, 2.45) is 11.8 Å². The summed E-state index contributed by atoms with van der Waals surface area (Å²) >= 11 is -5.06. The Labute approximate surface area is 299 Å². The second-order valence-corrected chi connectivity index (χ2v) is 74.8. The normalized spacial score (nSPS) is 18.1. The molecule has 4 heteroatoms. The molecule has 251 valence electrons. The van der Waals surface area contributed by atoms with Crippen LogP contribution in [0.15, 0.2) is 96.1 Å². The Bertz CT molecular complexity index is 1760. The number of aryl methyl sites for hydroxylation is 2. The van der Waals surface area contributed by atoms with Crippen molar-refractivity contribution < 1.29 is 15.3 Å². The molecule has 0 heterocycles. The van der Waals surface area contributed by atoms with Crippen LogP contribution in [0.4, 0.5) is 0 Å². The van der Waals surface area contributed by atoms with Gasteiger partial charge in [0.15, 0.2) is 0 Å². The first kappa shape index (κ1) is 35.8. The summed E-state index contributed by atoms with van der Waals surface area (Å²) in [7, 11) is 17.7. The van der Waals surface area contributed by atoms with Gasteiger partial charge in [-0.25, -0.2) is 0 Å². The third-order valence-corrected chi connectivity index (χ3v) is 84.0. The van der Waals surface area contributed by atoms with Crippen molar-refractivity contribution >= 4 is 35.3 Å². The van der Waals surface area contributed by atoms with Crippen LogP contribution >= 0.6 is 17.2 Å². The molecule has 0 fully saturated rings. The molecule has 4 aromatic rings. The summed E-state index contributed by atoms with van der Waals surface area (Å²) in [4.78, 5) is 0. The van der Waals surface area contributed by atoms with Gasteiger partial charge in [0, 0.05) is 0 Å². The van der Waals surface area contributed by atoms with Crippen molar-refractivity contribution in [3.8, 4) is 22.3 Å². The van der Waals surface area contributed by atoms with Gasteiger partial charge in [-0.2, -0.15) is 0 Å². The molecule has 0 N–H and O–H groups in total. The Morgan fingerprint density at radius 3 is 1.29 bits per heavy atom. The number of allylic oxidation sites excluding steroid dienone is 2. The van der Waals surface area contributed by atoms with E-state index in [1.807, 2.05) is 0 Å². The van der Waals surface area contributed by atoms with Gasteiger partial charge >= 0.3 is 302 Å². The summed E-state index contributed by atoms with van der Waals surface area (Å²) in [5, 5.41) is 0. The molecule has 0 spiro atoms. The zero-order valence-corrected chi connectivity index (χ0v) is 36.5. The molecule has 48 heavy (non-hydrogen) atoms. The number of rotatable bonds is 11. The second-order valence-electron chi connectivity index (χ2n) is 15.5. The molecular formula is C44H53Cl2HfSi. The van der Waals surface area contributed by atoms with E-state index in [9.17, 15) is 0 Å². The quantitative estimate of drug-likeness (QED) is 0.132. The summed E-state index contributed by atoms with van der Waals surface area (Å²) in [5.74, 6) is -0.619. The van der Waals surface area contributed by atoms with Crippen molar-refractivity contribution in [3.63, 3.8) is 0 Å². The predicted molar refractivity (Wildman–Crippen MR) is 213 cm³/mol. The summed E-state index contributed by atoms with van der Waals surface area (Å²) < 4.78 is 0.225. The van der Waals surface area contributed by atoms with Crippen LogP contribution in [0.25, 0.3) is 34.4 Å². The van der Waals surface area contributed by atoms with Gasteiger partial charge in [-0.3, -0.25) is 0 Å². The molecule has 6 rings (SSSR count). The van der Waals surface area contributed by atoms with E-state index >= 15 is 0 Å². The van der Waals surface area contributed by atoms with Crippen molar-refractivity contribution in [2.75, 3.05) is 0 Å². The summed E-state index contributed by atoms with van der Waals surface area (Å²) in [6, 6.07) is 31.8. The minimum atomic E-state index is -5.06. The van der Waals surface area contributed by atoms with Gasteiger partial charge in [0.25, 0.3) is 0 Å². The molecule has 2 aliphatic carbocycles. The van der Waals surface area contributed by atoms with Gasteiger partial charge in [-0.05, 0) is 0 Å². The minimum absolute atomic E-state index is 0.112. The van der Waals surface area contributed by atoms with Crippen LogP contribution in [0.2, 0.25) is 13.1 Å². The van der Waals surface area contributed by atoms with Crippen LogP contribution in [-0.4, -0.2) is 5.98 Å². The molecule has 0 saturated carbocycles. The first-order valence-corrected chi connectivity index (χ1v) is 40.5. The number of halogens is 2. The fraction of sp³-hybridized carbons (Fsp3) is 0.364. The molecule has 0 amide bonds. The SMILES string of the molecule is CCc1ccccc1-c1cccc2c1C=C(CC(C)C)[CH]2[Hf]([Cl])([Cl])([CH]1C(CC(C)C)=Cc2c(-c3ccccc3CC)cccc21)[SiH](C)C. The number of hydrogen-bond donors (Lipinski definition) is 0. The average Bonchev–Trinajstić information content (AvgIpc) is 3.62. The summed E-state index contributed by atoms with van der Waals surface area (Å²) in [6.45, 7) is 18.9. The van der Waals surface area contributed by atoms with E-state index in [-0.39, 0.29) is 7.35 Å². The average molecular weight is 859 g/mol. The molecule has 2 aliphatic rings. The molecule has 0 aromatic heterocycles. The van der Waals surface area contributed by atoms with E-state index < -0.39 is 21.3 Å². The van der Waals surface area contributed by atoms with Gasteiger partial charge in [0.1, 0.15) is 0 Å². The molecule has 4 aromatic carbocycles. The Morgan fingerprint density at radius 2 is 0.938 bits per heavy atom. The van der Waals surface area contributed by atoms with Gasteiger partial charge in [0.2, 0.25) is 0 Å². The Kier molecular flexibility index (Phi) is 10.4. The van der Waals surface area contributed by atoms with Crippen LogP contribution in [0.5, 0.6) is 0 Å². The van der Waals surface area contributed by atoms with Gasteiger partial charge in [-0.15, -0.1) is 0 Å². The molecule has 0 bridgehead atoms. The fourth-order valence-electron chi connectivity index (χ4n) is 9.01. The maximum absolute atomic E-state index is 8.83. The van der Waals surface area contributed by atoms with E-state index in [1.165, 1.54) is 66.8 Å². The number of fused-ring (bicyclic) bond motifs is 2. The van der Waals surface area contributed by atoms with Crippen molar-refractivity contribution in [3.05, 3.63) is 129 Å². The van der Waals surface area contributed by atoms with E-state index in [0.717, 1.165) is 25.7 Å². The predicted octanol–water partition coefficient (Wildman–Crippen LogP) is 13.8. The van der Waals surface area contributed by atoms with Crippen LogP contribution in [0.1, 0.15) is 95.1 Å². The molecular weight excluding hydrogens is 806 g/mol. The number of hydrogen-bond acceptors (Lipinski definition) is 0. The summed E-state index contributed by atoms with van der Waals surface area (Å²) in [5.41, 5.74) is 16.6. The van der Waals surface area contributed by atoms with Gasteiger partial charge in [0.05, 0.1) is 0 Å². The van der Waals surface area contributed by atoms with E-state index in [1.54, 1.807) is 0 Å². The maximum atomic E-state index is 8.83. The Balaban J connectivity index is 1.63. The van der Waals surface area contributed by atoms with E-state index in [2.05, 4.69) is 152 Å². The first-order valence-electron chi connectivity index (χ1n) is 18.3. The molecule has 0 aliphatic heterocycles. The second kappa shape index (κ2) is 14.0. The zero-order chi connectivity index (χ0) is 34.4. The topological polar surface area (TPSA) is 0 Å². The Hall–Kier alpha value is -1.97. The van der Waals surface area contributed by atoms with Crippen LogP contribution < -0.4 is 0 Å². The third-order valence-electron chi connectivity index (χ3n) is 11.2. The monoisotopic (exact) mass is 859 g/mol. The van der Waals surface area contributed by atoms with E-state index in [4.69, 9.17) is 17.2 Å². The van der Waals surface area contributed by atoms with Crippen LogP contribution in [0, 0.1) is 11.8 Å². The number of benzene rings is 4. The standard InChI is InChI=1S/2C21H23.C2H7Si.2ClH.Hf/c2*1-4-17-8-5-6-10-19(17)20-11-7-9-18-13-16(12-15(2)3)14-21(18)20;1-3-2;;;/h2*5-11,13-15H,4,12H2,1-3H3;3H,1-2H3;2*1H;/q;;;;;+2/p-2. The molecule has 2 atom stereocenters. The summed E-state index contributed by atoms with van der Waals surface area (Å²) in [6.07, 6.45) is 9.13. The fourth-order valence-corrected chi connectivity index (χ4v) is 53.4.